The van der Waals surface area contributed by atoms with Crippen molar-refractivity contribution in [1.29, 1.82) is 0 Å². The maximum atomic E-state index is 8.50. The Hall–Kier alpha value is 0.920. The predicted molar refractivity (Wildman–Crippen MR) is 33.3 cm³/mol. The van der Waals surface area contributed by atoms with E-state index in [0.717, 1.165) is 0 Å². The van der Waals surface area contributed by atoms with E-state index in [9.17, 15) is 0 Å². The summed E-state index contributed by atoms with van der Waals surface area (Å²) in [7, 11) is 0. The van der Waals surface area contributed by atoms with E-state index in [1.165, 1.54) is 0 Å². The van der Waals surface area contributed by atoms with Gasteiger partial charge >= 0.3 is 0 Å². The number of rotatable bonds is 1. The minimum Gasteiger partial charge on any atom is -0.381 e. The van der Waals surface area contributed by atoms with E-state index in [2.05, 4.69) is 31.9 Å². The van der Waals surface area contributed by atoms with Gasteiger partial charge in [0, 0.05) is 4.83 Å². The van der Waals surface area contributed by atoms with E-state index >= 15 is 0 Å². The number of halogens is 2. The molecule has 3 heteroatoms. The van der Waals surface area contributed by atoms with Crippen molar-refractivity contribution >= 4 is 31.9 Å². The summed E-state index contributed by atoms with van der Waals surface area (Å²) in [5, 5.41) is 8.08. The molecule has 0 heterocycles. The SMILES string of the molecule is CC(Br)C(O)Br. The molecule has 1 N–H and O–H groups in total. The molecule has 0 fully saturated rings. The van der Waals surface area contributed by atoms with Crippen LogP contribution in [0.4, 0.5) is 0 Å². The highest BCUT2D eigenvalue weighted by Crippen LogP contribution is 2.08. The fourth-order valence-electron chi connectivity index (χ4n) is 0. The van der Waals surface area contributed by atoms with Gasteiger partial charge in [0.05, 0.1) is 0 Å². The second-order valence-corrected chi connectivity index (χ2v) is 3.43. The van der Waals surface area contributed by atoms with Crippen LogP contribution < -0.4 is 0 Å². The van der Waals surface area contributed by atoms with Crippen LogP contribution in [0, 0.1) is 0 Å². The number of aliphatic hydroxyl groups is 1. The quantitative estimate of drug-likeness (QED) is 0.660. The molecule has 2 unspecified atom stereocenters. The third-order valence-electron chi connectivity index (χ3n) is 0.379. The van der Waals surface area contributed by atoms with Crippen LogP contribution in [0.1, 0.15) is 6.92 Å². The van der Waals surface area contributed by atoms with Crippen molar-refractivity contribution in [3.63, 3.8) is 0 Å². The maximum Gasteiger partial charge on any atom is 0.121 e. The van der Waals surface area contributed by atoms with Crippen molar-refractivity contribution in [2.24, 2.45) is 0 Å². The first-order valence-electron chi connectivity index (χ1n) is 1.61. The van der Waals surface area contributed by atoms with Gasteiger partial charge in [0.25, 0.3) is 0 Å². The highest BCUT2D eigenvalue weighted by molar-refractivity contribution is 9.12. The number of alkyl halides is 2. The first-order valence-corrected chi connectivity index (χ1v) is 3.44. The molecule has 0 aliphatic carbocycles. The van der Waals surface area contributed by atoms with Crippen molar-refractivity contribution in [2.45, 2.75) is 16.8 Å². The molecule has 0 saturated carbocycles. The fraction of sp³-hybridized carbons (Fsp3) is 1.00. The molecule has 6 heavy (non-hydrogen) atoms. The monoisotopic (exact) mass is 216 g/mol. The Morgan fingerprint density at radius 2 is 1.67 bits per heavy atom. The van der Waals surface area contributed by atoms with Crippen molar-refractivity contribution in [3.05, 3.63) is 0 Å². The lowest BCUT2D eigenvalue weighted by molar-refractivity contribution is 0.273. The second-order valence-electron chi connectivity index (χ2n) is 1.05. The van der Waals surface area contributed by atoms with Gasteiger partial charge in [0.1, 0.15) is 5.01 Å². The molecule has 0 aliphatic rings. The molecular formula is C3H6Br2O. The van der Waals surface area contributed by atoms with Crippen molar-refractivity contribution < 1.29 is 5.11 Å². The minimum atomic E-state index is -0.419. The minimum absolute atomic E-state index is 0.137. The summed E-state index contributed by atoms with van der Waals surface area (Å²) in [6, 6.07) is 0. The summed E-state index contributed by atoms with van der Waals surface area (Å²) in [5.74, 6) is 0. The molecule has 0 spiro atoms. The topological polar surface area (TPSA) is 20.2 Å². The smallest absolute Gasteiger partial charge is 0.121 e. The van der Waals surface area contributed by atoms with Gasteiger partial charge in [0.15, 0.2) is 0 Å². The molecule has 0 aromatic carbocycles. The van der Waals surface area contributed by atoms with E-state index in [1.807, 2.05) is 6.92 Å². The molecule has 38 valence electrons. The molecule has 0 bridgehead atoms. The molecule has 0 rings (SSSR count). The molecule has 0 aliphatic heterocycles. The number of hydrogen-bond donors (Lipinski definition) is 1. The lowest BCUT2D eigenvalue weighted by Crippen LogP contribution is -2.06. The molecule has 0 amide bonds. The normalized spacial score (nSPS) is 20.0. The Bertz CT molecular complexity index is 29.8. The van der Waals surface area contributed by atoms with Gasteiger partial charge in [-0.3, -0.25) is 0 Å². The lowest BCUT2D eigenvalue weighted by atomic mass is 10.5. The molecule has 2 atom stereocenters. The Morgan fingerprint density at radius 3 is 1.67 bits per heavy atom. The Labute approximate surface area is 54.0 Å². The molecule has 0 saturated heterocycles. The highest BCUT2D eigenvalue weighted by atomic mass is 79.9. The first kappa shape index (κ1) is 6.92. The van der Waals surface area contributed by atoms with E-state index in [-0.39, 0.29) is 4.83 Å². The van der Waals surface area contributed by atoms with Crippen LogP contribution in [-0.2, 0) is 0 Å². The number of hydrogen-bond acceptors (Lipinski definition) is 1. The molecule has 1 nitrogen and oxygen atoms in total. The van der Waals surface area contributed by atoms with Crippen molar-refractivity contribution in [3.8, 4) is 0 Å². The highest BCUT2D eigenvalue weighted by Gasteiger charge is 2.02. The van der Waals surface area contributed by atoms with Crippen LogP contribution in [0.2, 0.25) is 0 Å². The van der Waals surface area contributed by atoms with Gasteiger partial charge in [0.2, 0.25) is 0 Å². The van der Waals surface area contributed by atoms with Gasteiger partial charge in [-0.15, -0.1) is 0 Å². The van der Waals surface area contributed by atoms with Crippen LogP contribution in [0.3, 0.4) is 0 Å². The Morgan fingerprint density at radius 1 is 1.50 bits per heavy atom. The average Bonchev–Trinajstić information content (AvgIpc) is 1.36. The van der Waals surface area contributed by atoms with Crippen LogP contribution in [-0.4, -0.2) is 14.9 Å². The molecule has 0 aromatic heterocycles. The van der Waals surface area contributed by atoms with Gasteiger partial charge in [-0.05, 0) is 6.92 Å². The van der Waals surface area contributed by atoms with E-state index in [4.69, 9.17) is 5.11 Å². The lowest BCUT2D eigenvalue weighted by Gasteiger charge is -2.00. The predicted octanol–water partition coefficient (Wildman–Crippen LogP) is 1.48. The zero-order valence-electron chi connectivity index (χ0n) is 3.36. The number of aliphatic hydroxyl groups excluding tert-OH is 1. The van der Waals surface area contributed by atoms with Crippen LogP contribution in [0.5, 0.6) is 0 Å². The van der Waals surface area contributed by atoms with Gasteiger partial charge in [-0.1, -0.05) is 31.9 Å². The average molecular weight is 218 g/mol. The maximum absolute atomic E-state index is 8.50. The Kier molecular flexibility index (Phi) is 3.45. The van der Waals surface area contributed by atoms with Crippen molar-refractivity contribution in [2.75, 3.05) is 0 Å². The van der Waals surface area contributed by atoms with Gasteiger partial charge in [-0.2, -0.15) is 0 Å². The fourth-order valence-corrected chi connectivity index (χ4v) is 0. The third kappa shape index (κ3) is 3.12. The summed E-state index contributed by atoms with van der Waals surface area (Å²) in [6.45, 7) is 1.86. The van der Waals surface area contributed by atoms with E-state index in [1.54, 1.807) is 0 Å². The summed E-state index contributed by atoms with van der Waals surface area (Å²) in [4.78, 5) is 0.137. The van der Waals surface area contributed by atoms with Crippen LogP contribution in [0.25, 0.3) is 0 Å². The summed E-state index contributed by atoms with van der Waals surface area (Å²) < 4.78 is 0. The second kappa shape index (κ2) is 2.99. The van der Waals surface area contributed by atoms with Crippen molar-refractivity contribution in [1.82, 2.24) is 0 Å². The zero-order chi connectivity index (χ0) is 5.15. The third-order valence-corrected chi connectivity index (χ3v) is 2.38. The van der Waals surface area contributed by atoms with E-state index < -0.39 is 5.01 Å². The van der Waals surface area contributed by atoms with Crippen LogP contribution >= 0.6 is 31.9 Å². The standard InChI is InChI=1S/C3H6Br2O/c1-2(4)3(5)6/h2-3,6H,1H3. The summed E-state index contributed by atoms with van der Waals surface area (Å²) in [6.07, 6.45) is 0. The van der Waals surface area contributed by atoms with Gasteiger partial charge < -0.3 is 5.11 Å². The summed E-state index contributed by atoms with van der Waals surface area (Å²) in [5.41, 5.74) is 0. The molecule has 0 aromatic rings. The first-order chi connectivity index (χ1) is 2.64. The molecular weight excluding hydrogens is 212 g/mol. The summed E-state index contributed by atoms with van der Waals surface area (Å²) >= 11 is 6.09. The van der Waals surface area contributed by atoms with Gasteiger partial charge in [-0.25, -0.2) is 0 Å². The molecule has 0 radical (unpaired) electrons. The Balaban J connectivity index is 2.99. The largest absolute Gasteiger partial charge is 0.381 e. The van der Waals surface area contributed by atoms with Crippen LogP contribution in [0.15, 0.2) is 0 Å². The zero-order valence-corrected chi connectivity index (χ0v) is 6.53. The van der Waals surface area contributed by atoms with E-state index in [0.29, 0.717) is 0 Å².